The molecule has 0 spiro atoms. The van der Waals surface area contributed by atoms with E-state index in [9.17, 15) is 0 Å². The zero-order valence-electron chi connectivity index (χ0n) is 13.4. The molecule has 4 heteroatoms. The van der Waals surface area contributed by atoms with Gasteiger partial charge in [0.15, 0.2) is 11.5 Å². The lowest BCUT2D eigenvalue weighted by molar-refractivity contribution is 0.310. The van der Waals surface area contributed by atoms with Crippen molar-refractivity contribution in [2.45, 2.75) is 43.9 Å². The second-order valence-corrected chi connectivity index (χ2v) is 6.89. The van der Waals surface area contributed by atoms with E-state index in [-0.39, 0.29) is 0 Å². The molecule has 1 N–H and O–H groups in total. The molecule has 118 valence electrons. The van der Waals surface area contributed by atoms with Gasteiger partial charge in [0.2, 0.25) is 0 Å². The number of hydrogen-bond acceptors (Lipinski definition) is 4. The summed E-state index contributed by atoms with van der Waals surface area (Å²) in [5.74, 6) is 1.64. The molecule has 0 aromatic heterocycles. The number of nitrogens with one attached hydrogen (secondary N) is 1. The van der Waals surface area contributed by atoms with Crippen molar-refractivity contribution in [2.75, 3.05) is 26.5 Å². The minimum atomic E-state index is 0.454. The highest BCUT2D eigenvalue weighted by molar-refractivity contribution is 8.00. The maximum absolute atomic E-state index is 5.55. The second-order valence-electron chi connectivity index (χ2n) is 5.62. The molecule has 1 aliphatic carbocycles. The molecular weight excluding hydrogens is 282 g/mol. The van der Waals surface area contributed by atoms with E-state index in [1.165, 1.54) is 31.2 Å². The lowest BCUT2D eigenvalue weighted by atomic mass is 10.1. The molecule has 0 atom stereocenters. The molecule has 0 saturated heterocycles. The van der Waals surface area contributed by atoms with Gasteiger partial charge in [-0.25, -0.2) is 0 Å². The van der Waals surface area contributed by atoms with Crippen LogP contribution in [0, 0.1) is 0 Å². The lowest BCUT2D eigenvalue weighted by Crippen LogP contribution is -2.34. The molecule has 1 aliphatic rings. The van der Waals surface area contributed by atoms with Gasteiger partial charge in [-0.3, -0.25) is 0 Å². The van der Waals surface area contributed by atoms with E-state index in [4.69, 9.17) is 9.47 Å². The maximum atomic E-state index is 5.55. The number of rotatable bonds is 8. The Hall–Kier alpha value is -0.870. The Labute approximate surface area is 132 Å². The number of methoxy groups -OCH3 is 1. The van der Waals surface area contributed by atoms with Crippen LogP contribution in [-0.2, 0) is 6.54 Å². The Morgan fingerprint density at radius 2 is 2.00 bits per heavy atom. The maximum Gasteiger partial charge on any atom is 0.161 e. The van der Waals surface area contributed by atoms with Crippen molar-refractivity contribution in [3.8, 4) is 11.5 Å². The summed E-state index contributed by atoms with van der Waals surface area (Å²) in [7, 11) is 1.69. The van der Waals surface area contributed by atoms with E-state index in [2.05, 4.69) is 23.7 Å². The summed E-state index contributed by atoms with van der Waals surface area (Å²) < 4.78 is 11.4. The molecule has 1 fully saturated rings. The predicted molar refractivity (Wildman–Crippen MR) is 90.6 cm³/mol. The summed E-state index contributed by atoms with van der Waals surface area (Å²) in [6.45, 7) is 4.61. The van der Waals surface area contributed by atoms with Crippen molar-refractivity contribution >= 4 is 11.8 Å². The molecular formula is C17H27NO2S. The lowest BCUT2D eigenvalue weighted by Gasteiger charge is -2.27. The summed E-state index contributed by atoms with van der Waals surface area (Å²) in [5, 5.41) is 3.62. The van der Waals surface area contributed by atoms with Crippen molar-refractivity contribution in [1.82, 2.24) is 5.32 Å². The first-order valence-electron chi connectivity index (χ1n) is 7.78. The molecule has 0 unspecified atom stereocenters. The molecule has 2 rings (SSSR count). The fourth-order valence-corrected chi connectivity index (χ4v) is 3.95. The molecule has 1 saturated carbocycles. The van der Waals surface area contributed by atoms with Crippen LogP contribution in [0.3, 0.4) is 0 Å². The standard InChI is InChI=1S/C17H27NO2S/c1-4-20-15-8-7-14(11-16(15)19-2)12-18-13-17(21-3)9-5-6-10-17/h7-8,11,18H,4-6,9-10,12-13H2,1-3H3. The second kappa shape index (κ2) is 7.95. The summed E-state index contributed by atoms with van der Waals surface area (Å²) >= 11 is 2.02. The average molecular weight is 309 g/mol. The van der Waals surface area contributed by atoms with Crippen LogP contribution in [0.5, 0.6) is 11.5 Å². The summed E-state index contributed by atoms with van der Waals surface area (Å²) in [5.41, 5.74) is 1.24. The Kier molecular flexibility index (Phi) is 6.24. The zero-order valence-corrected chi connectivity index (χ0v) is 14.2. The Bertz CT molecular complexity index is 444. The van der Waals surface area contributed by atoms with Gasteiger partial charge in [-0.1, -0.05) is 18.9 Å². The fraction of sp³-hybridized carbons (Fsp3) is 0.647. The number of hydrogen-bond donors (Lipinski definition) is 1. The van der Waals surface area contributed by atoms with Gasteiger partial charge in [0.25, 0.3) is 0 Å². The third-order valence-corrected chi connectivity index (χ3v) is 5.67. The monoisotopic (exact) mass is 309 g/mol. The van der Waals surface area contributed by atoms with Crippen LogP contribution in [0.25, 0.3) is 0 Å². The van der Waals surface area contributed by atoms with Crippen LogP contribution >= 0.6 is 11.8 Å². The molecule has 21 heavy (non-hydrogen) atoms. The third-order valence-electron chi connectivity index (χ3n) is 4.25. The Morgan fingerprint density at radius 1 is 1.24 bits per heavy atom. The minimum absolute atomic E-state index is 0.454. The first-order chi connectivity index (χ1) is 10.2. The Balaban J connectivity index is 1.91. The summed E-state index contributed by atoms with van der Waals surface area (Å²) in [6.07, 6.45) is 7.67. The van der Waals surface area contributed by atoms with E-state index >= 15 is 0 Å². The van der Waals surface area contributed by atoms with Gasteiger partial charge in [0.05, 0.1) is 13.7 Å². The fourth-order valence-electron chi connectivity index (χ4n) is 3.00. The number of benzene rings is 1. The topological polar surface area (TPSA) is 30.5 Å². The number of ether oxygens (including phenoxy) is 2. The van der Waals surface area contributed by atoms with Crippen LogP contribution in [0.2, 0.25) is 0 Å². The highest BCUT2D eigenvalue weighted by atomic mass is 32.2. The van der Waals surface area contributed by atoms with Crippen molar-refractivity contribution in [3.05, 3.63) is 23.8 Å². The van der Waals surface area contributed by atoms with E-state index in [1.54, 1.807) is 7.11 Å². The smallest absolute Gasteiger partial charge is 0.161 e. The van der Waals surface area contributed by atoms with Crippen LogP contribution in [0.15, 0.2) is 18.2 Å². The van der Waals surface area contributed by atoms with Gasteiger partial charge in [0.1, 0.15) is 0 Å². The molecule has 0 heterocycles. The third kappa shape index (κ3) is 4.30. The van der Waals surface area contributed by atoms with Crippen molar-refractivity contribution < 1.29 is 9.47 Å². The predicted octanol–water partition coefficient (Wildman–Crippen LogP) is 3.86. The Morgan fingerprint density at radius 3 is 2.62 bits per heavy atom. The van der Waals surface area contributed by atoms with E-state index in [0.717, 1.165) is 24.6 Å². The molecule has 0 aliphatic heterocycles. The van der Waals surface area contributed by atoms with Gasteiger partial charge in [-0.05, 0) is 43.7 Å². The SMILES string of the molecule is CCOc1ccc(CNCC2(SC)CCCC2)cc1OC. The zero-order chi connectivity index (χ0) is 15.1. The largest absolute Gasteiger partial charge is 0.493 e. The molecule has 0 radical (unpaired) electrons. The van der Waals surface area contributed by atoms with Gasteiger partial charge >= 0.3 is 0 Å². The van der Waals surface area contributed by atoms with Crippen LogP contribution in [-0.4, -0.2) is 31.3 Å². The quantitative estimate of drug-likeness (QED) is 0.790. The normalized spacial score (nSPS) is 16.9. The molecule has 1 aromatic carbocycles. The van der Waals surface area contributed by atoms with Gasteiger partial charge in [-0.15, -0.1) is 0 Å². The highest BCUT2D eigenvalue weighted by Crippen LogP contribution is 2.39. The first-order valence-corrected chi connectivity index (χ1v) is 9.01. The van der Waals surface area contributed by atoms with E-state index in [0.29, 0.717) is 11.4 Å². The minimum Gasteiger partial charge on any atom is -0.493 e. The van der Waals surface area contributed by atoms with Crippen LogP contribution in [0.4, 0.5) is 0 Å². The number of thioether (sulfide) groups is 1. The van der Waals surface area contributed by atoms with Crippen LogP contribution in [0.1, 0.15) is 38.2 Å². The molecule has 0 bridgehead atoms. The highest BCUT2D eigenvalue weighted by Gasteiger charge is 2.32. The summed E-state index contributed by atoms with van der Waals surface area (Å²) in [6, 6.07) is 6.18. The van der Waals surface area contributed by atoms with E-state index in [1.807, 2.05) is 24.8 Å². The van der Waals surface area contributed by atoms with Crippen molar-refractivity contribution in [2.24, 2.45) is 0 Å². The first kappa shape index (κ1) is 16.5. The van der Waals surface area contributed by atoms with Crippen molar-refractivity contribution in [3.63, 3.8) is 0 Å². The molecule has 0 amide bonds. The molecule has 3 nitrogen and oxygen atoms in total. The van der Waals surface area contributed by atoms with Gasteiger partial charge in [-0.2, -0.15) is 11.8 Å². The molecule has 1 aromatic rings. The van der Waals surface area contributed by atoms with E-state index < -0.39 is 0 Å². The van der Waals surface area contributed by atoms with Gasteiger partial charge in [0, 0.05) is 17.8 Å². The van der Waals surface area contributed by atoms with Crippen molar-refractivity contribution in [1.29, 1.82) is 0 Å². The summed E-state index contributed by atoms with van der Waals surface area (Å²) in [4.78, 5) is 0. The van der Waals surface area contributed by atoms with Crippen LogP contribution < -0.4 is 14.8 Å². The van der Waals surface area contributed by atoms with Gasteiger partial charge < -0.3 is 14.8 Å². The average Bonchev–Trinajstić information content (AvgIpc) is 2.98.